The molecular weight excluding hydrogens is 254 g/mol. The van der Waals surface area contributed by atoms with E-state index in [1.54, 1.807) is 14.2 Å². The van der Waals surface area contributed by atoms with Crippen molar-refractivity contribution in [3.05, 3.63) is 29.3 Å². The molecular formula is C16H27NO3. The van der Waals surface area contributed by atoms with Crippen molar-refractivity contribution in [3.63, 3.8) is 0 Å². The maximum Gasteiger partial charge on any atom is 0.124 e. The molecule has 1 rings (SSSR count). The first kappa shape index (κ1) is 17.0. The third kappa shape index (κ3) is 5.49. The van der Waals surface area contributed by atoms with Crippen molar-refractivity contribution in [1.29, 1.82) is 0 Å². The van der Waals surface area contributed by atoms with Crippen LogP contribution in [-0.2, 0) is 11.3 Å². The van der Waals surface area contributed by atoms with Gasteiger partial charge in [0.15, 0.2) is 0 Å². The van der Waals surface area contributed by atoms with Crippen molar-refractivity contribution in [2.75, 3.05) is 20.8 Å². The number of ether oxygens (including phenoxy) is 2. The molecule has 0 amide bonds. The van der Waals surface area contributed by atoms with Gasteiger partial charge >= 0.3 is 0 Å². The van der Waals surface area contributed by atoms with Gasteiger partial charge < -0.3 is 19.9 Å². The second kappa shape index (κ2) is 8.95. The van der Waals surface area contributed by atoms with Crippen molar-refractivity contribution in [1.82, 2.24) is 5.32 Å². The molecule has 0 radical (unpaired) electrons. The fraction of sp³-hybridized carbons (Fsp3) is 0.625. The Labute approximate surface area is 122 Å². The van der Waals surface area contributed by atoms with Crippen LogP contribution < -0.4 is 10.1 Å². The first-order valence-corrected chi connectivity index (χ1v) is 7.15. The summed E-state index contributed by atoms with van der Waals surface area (Å²) in [6, 6.07) is 6.45. The number of hydrogen-bond donors (Lipinski definition) is 2. The second-order valence-corrected chi connectivity index (χ2v) is 5.17. The van der Waals surface area contributed by atoms with Crippen LogP contribution >= 0.6 is 0 Å². The van der Waals surface area contributed by atoms with Gasteiger partial charge in [0.2, 0.25) is 0 Å². The van der Waals surface area contributed by atoms with Crippen LogP contribution in [-0.4, -0.2) is 32.0 Å². The normalized spacial score (nSPS) is 14.1. The molecule has 4 heteroatoms. The summed E-state index contributed by atoms with van der Waals surface area (Å²) in [6.45, 7) is 5.41. The molecule has 0 bridgehead atoms. The van der Waals surface area contributed by atoms with Gasteiger partial charge in [0.1, 0.15) is 5.75 Å². The summed E-state index contributed by atoms with van der Waals surface area (Å²) >= 11 is 0. The summed E-state index contributed by atoms with van der Waals surface area (Å²) in [4.78, 5) is 0. The fourth-order valence-corrected chi connectivity index (χ4v) is 2.17. The van der Waals surface area contributed by atoms with Crippen LogP contribution in [0, 0.1) is 0 Å². The number of methoxy groups -OCH3 is 2. The monoisotopic (exact) mass is 281 g/mol. The van der Waals surface area contributed by atoms with Crippen LogP contribution in [0.5, 0.6) is 5.75 Å². The molecule has 0 saturated heterocycles. The minimum absolute atomic E-state index is 0.221. The smallest absolute Gasteiger partial charge is 0.124 e. The highest BCUT2D eigenvalue weighted by atomic mass is 16.5. The van der Waals surface area contributed by atoms with Gasteiger partial charge in [-0.05, 0) is 50.9 Å². The largest absolute Gasteiger partial charge is 0.496 e. The van der Waals surface area contributed by atoms with Crippen molar-refractivity contribution in [2.24, 2.45) is 0 Å². The number of aliphatic hydroxyl groups excluding tert-OH is 1. The van der Waals surface area contributed by atoms with Crippen LogP contribution in [0.2, 0.25) is 0 Å². The van der Waals surface area contributed by atoms with E-state index in [9.17, 15) is 5.11 Å². The second-order valence-electron chi connectivity index (χ2n) is 5.17. The van der Waals surface area contributed by atoms with Crippen LogP contribution in [0.15, 0.2) is 18.2 Å². The van der Waals surface area contributed by atoms with Crippen molar-refractivity contribution in [3.8, 4) is 5.75 Å². The molecule has 2 atom stereocenters. The molecule has 0 saturated carbocycles. The van der Waals surface area contributed by atoms with Gasteiger partial charge in [-0.15, -0.1) is 0 Å². The van der Waals surface area contributed by atoms with Gasteiger partial charge in [-0.25, -0.2) is 0 Å². The van der Waals surface area contributed by atoms with Crippen molar-refractivity contribution in [2.45, 2.75) is 45.4 Å². The van der Waals surface area contributed by atoms with E-state index in [-0.39, 0.29) is 12.1 Å². The van der Waals surface area contributed by atoms with E-state index >= 15 is 0 Å². The van der Waals surface area contributed by atoms with Gasteiger partial charge in [0, 0.05) is 18.7 Å². The Hall–Kier alpha value is -1.10. The highest BCUT2D eigenvalue weighted by Gasteiger charge is 2.09. The lowest BCUT2D eigenvalue weighted by atomic mass is 10.0. The van der Waals surface area contributed by atoms with E-state index in [0.717, 1.165) is 30.7 Å². The molecule has 0 aromatic heterocycles. The Balaban J connectivity index is 2.58. The average Bonchev–Trinajstić information content (AvgIpc) is 2.43. The van der Waals surface area contributed by atoms with Crippen molar-refractivity contribution < 1.29 is 14.6 Å². The molecule has 20 heavy (non-hydrogen) atoms. The van der Waals surface area contributed by atoms with Crippen LogP contribution in [0.3, 0.4) is 0 Å². The Kier molecular flexibility index (Phi) is 7.59. The Bertz CT molecular complexity index is 393. The highest BCUT2D eigenvalue weighted by Crippen LogP contribution is 2.24. The quantitative estimate of drug-likeness (QED) is 0.683. The molecule has 0 aliphatic rings. The van der Waals surface area contributed by atoms with Crippen molar-refractivity contribution >= 4 is 0 Å². The first-order chi connectivity index (χ1) is 9.58. The molecule has 114 valence electrons. The lowest BCUT2D eigenvalue weighted by Gasteiger charge is -2.17. The predicted octanol–water partition coefficient (Wildman–Crippen LogP) is 2.65. The SMILES string of the molecule is COCc1cc(C(C)NCCCC(C)O)ccc1OC. The fourth-order valence-electron chi connectivity index (χ4n) is 2.17. The highest BCUT2D eigenvalue weighted by molar-refractivity contribution is 5.38. The summed E-state index contributed by atoms with van der Waals surface area (Å²) in [5.74, 6) is 0.858. The molecule has 0 aliphatic heterocycles. The van der Waals surface area contributed by atoms with Gasteiger partial charge in [-0.2, -0.15) is 0 Å². The Morgan fingerprint density at radius 1 is 1.25 bits per heavy atom. The number of hydrogen-bond acceptors (Lipinski definition) is 4. The molecule has 0 heterocycles. The molecule has 0 aliphatic carbocycles. The average molecular weight is 281 g/mol. The third-order valence-electron chi connectivity index (χ3n) is 3.35. The molecule has 0 spiro atoms. The molecule has 1 aromatic carbocycles. The van der Waals surface area contributed by atoms with E-state index in [1.807, 2.05) is 13.0 Å². The van der Waals surface area contributed by atoms with E-state index < -0.39 is 0 Å². The van der Waals surface area contributed by atoms with E-state index in [0.29, 0.717) is 6.61 Å². The third-order valence-corrected chi connectivity index (χ3v) is 3.35. The molecule has 1 aromatic rings. The van der Waals surface area contributed by atoms with E-state index in [1.165, 1.54) is 5.56 Å². The summed E-state index contributed by atoms with van der Waals surface area (Å²) in [5.41, 5.74) is 2.28. The zero-order valence-electron chi connectivity index (χ0n) is 13.0. The van der Waals surface area contributed by atoms with Gasteiger partial charge in [-0.1, -0.05) is 6.07 Å². The number of benzene rings is 1. The minimum Gasteiger partial charge on any atom is -0.496 e. The summed E-state index contributed by atoms with van der Waals surface area (Å²) in [7, 11) is 3.36. The summed E-state index contributed by atoms with van der Waals surface area (Å²) < 4.78 is 10.5. The van der Waals surface area contributed by atoms with Crippen LogP contribution in [0.4, 0.5) is 0 Å². The molecule has 0 fully saturated rings. The summed E-state index contributed by atoms with van der Waals surface area (Å²) in [5, 5.41) is 12.7. The van der Waals surface area contributed by atoms with Gasteiger partial charge in [-0.3, -0.25) is 0 Å². The Morgan fingerprint density at radius 3 is 2.60 bits per heavy atom. The zero-order chi connectivity index (χ0) is 15.0. The number of nitrogens with one attached hydrogen (secondary N) is 1. The topological polar surface area (TPSA) is 50.7 Å². The molecule has 2 unspecified atom stereocenters. The standard InChI is InChI=1S/C16H27NO3/c1-12(18)6-5-9-17-13(2)14-7-8-16(20-4)15(10-14)11-19-3/h7-8,10,12-13,17-18H,5-6,9,11H2,1-4H3. The molecule has 4 nitrogen and oxygen atoms in total. The molecule has 2 N–H and O–H groups in total. The first-order valence-electron chi connectivity index (χ1n) is 7.15. The summed E-state index contributed by atoms with van der Waals surface area (Å²) in [6.07, 6.45) is 1.58. The zero-order valence-corrected chi connectivity index (χ0v) is 13.0. The number of rotatable bonds is 9. The van der Waals surface area contributed by atoms with Gasteiger partial charge in [0.25, 0.3) is 0 Å². The lowest BCUT2D eigenvalue weighted by molar-refractivity contribution is 0.180. The lowest BCUT2D eigenvalue weighted by Crippen LogP contribution is -2.21. The maximum absolute atomic E-state index is 9.23. The number of aliphatic hydroxyl groups is 1. The minimum atomic E-state index is -0.221. The maximum atomic E-state index is 9.23. The van der Waals surface area contributed by atoms with Crippen LogP contribution in [0.25, 0.3) is 0 Å². The van der Waals surface area contributed by atoms with Gasteiger partial charge in [0.05, 0.1) is 19.8 Å². The predicted molar refractivity (Wildman–Crippen MR) is 81.0 cm³/mol. The van der Waals surface area contributed by atoms with E-state index in [4.69, 9.17) is 9.47 Å². The van der Waals surface area contributed by atoms with E-state index in [2.05, 4.69) is 24.4 Å². The van der Waals surface area contributed by atoms with Crippen LogP contribution in [0.1, 0.15) is 43.9 Å². The Morgan fingerprint density at radius 2 is 2.00 bits per heavy atom.